The van der Waals surface area contributed by atoms with Crippen molar-refractivity contribution in [1.82, 2.24) is 10.2 Å². The SMILES string of the molecule is CCCNC(=O)[C@@H](C)N(Cc1cccc(Cl)c1)C(=O)CN(c1cccc(Br)c1)S(=O)(=O)c1ccc(C)cc1. The number of rotatable bonds is 11. The molecule has 3 aromatic carbocycles. The Morgan fingerprint density at radius 3 is 2.34 bits per heavy atom. The number of nitrogens with zero attached hydrogens (tertiary/aromatic N) is 2. The van der Waals surface area contributed by atoms with Gasteiger partial charge in [0, 0.05) is 22.6 Å². The second-order valence-electron chi connectivity index (χ2n) is 8.92. The van der Waals surface area contributed by atoms with Gasteiger partial charge >= 0.3 is 0 Å². The number of benzene rings is 3. The number of hydrogen-bond acceptors (Lipinski definition) is 4. The van der Waals surface area contributed by atoms with E-state index >= 15 is 0 Å². The summed E-state index contributed by atoms with van der Waals surface area (Å²) in [7, 11) is -4.11. The zero-order chi connectivity index (χ0) is 27.9. The predicted molar refractivity (Wildman–Crippen MR) is 155 cm³/mol. The van der Waals surface area contributed by atoms with E-state index in [1.807, 2.05) is 13.8 Å². The standard InChI is InChI=1S/C28H31BrClN3O4S/c1-4-15-31-28(35)21(3)32(18-22-7-5-9-24(30)16-22)27(34)19-33(25-10-6-8-23(29)17-25)38(36,37)26-13-11-20(2)12-14-26/h5-14,16-17,21H,4,15,18-19H2,1-3H3,(H,31,35)/t21-/m1/s1. The Morgan fingerprint density at radius 2 is 1.71 bits per heavy atom. The largest absolute Gasteiger partial charge is 0.354 e. The number of nitrogens with one attached hydrogen (secondary N) is 1. The van der Waals surface area contributed by atoms with Gasteiger partial charge in [0.1, 0.15) is 12.6 Å². The van der Waals surface area contributed by atoms with E-state index in [1.54, 1.807) is 67.6 Å². The zero-order valence-corrected chi connectivity index (χ0v) is 24.7. The molecule has 202 valence electrons. The molecule has 0 aliphatic carbocycles. The fourth-order valence-corrected chi connectivity index (χ4v) is 5.81. The Balaban J connectivity index is 2.02. The minimum absolute atomic E-state index is 0.0611. The van der Waals surface area contributed by atoms with Gasteiger partial charge in [-0.2, -0.15) is 0 Å². The first kappa shape index (κ1) is 29.7. The van der Waals surface area contributed by atoms with Gasteiger partial charge in [-0.15, -0.1) is 0 Å². The zero-order valence-electron chi connectivity index (χ0n) is 21.5. The summed E-state index contributed by atoms with van der Waals surface area (Å²) >= 11 is 9.55. The van der Waals surface area contributed by atoms with E-state index < -0.39 is 28.5 Å². The van der Waals surface area contributed by atoms with Crippen molar-refractivity contribution in [3.8, 4) is 0 Å². The normalized spacial score (nSPS) is 12.0. The first-order chi connectivity index (χ1) is 18.0. The molecule has 0 saturated carbocycles. The third-order valence-corrected chi connectivity index (χ3v) is 8.46. The lowest BCUT2D eigenvalue weighted by Crippen LogP contribution is -2.51. The van der Waals surface area contributed by atoms with Crippen LogP contribution in [0, 0.1) is 6.92 Å². The van der Waals surface area contributed by atoms with Crippen LogP contribution >= 0.6 is 27.5 Å². The summed E-state index contributed by atoms with van der Waals surface area (Å²) in [6.45, 7) is 5.48. The van der Waals surface area contributed by atoms with Crippen LogP contribution in [0.15, 0.2) is 82.2 Å². The molecule has 7 nitrogen and oxygen atoms in total. The number of carbonyl (C=O) groups is 2. The number of amides is 2. The first-order valence-corrected chi connectivity index (χ1v) is 14.8. The fraction of sp³-hybridized carbons (Fsp3) is 0.286. The van der Waals surface area contributed by atoms with E-state index in [4.69, 9.17) is 11.6 Å². The van der Waals surface area contributed by atoms with Crippen LogP contribution in [-0.2, 0) is 26.2 Å². The summed E-state index contributed by atoms with van der Waals surface area (Å²) in [4.78, 5) is 28.2. The molecule has 0 aliphatic heterocycles. The van der Waals surface area contributed by atoms with Gasteiger partial charge < -0.3 is 10.2 Å². The summed E-state index contributed by atoms with van der Waals surface area (Å²) in [5.74, 6) is -0.850. The molecule has 0 heterocycles. The van der Waals surface area contributed by atoms with Crippen molar-refractivity contribution < 1.29 is 18.0 Å². The van der Waals surface area contributed by atoms with E-state index in [2.05, 4.69) is 21.2 Å². The Bertz CT molecular complexity index is 1380. The number of halogens is 2. The highest BCUT2D eigenvalue weighted by Crippen LogP contribution is 2.27. The van der Waals surface area contributed by atoms with Crippen molar-refractivity contribution in [2.24, 2.45) is 0 Å². The molecule has 0 radical (unpaired) electrons. The highest BCUT2D eigenvalue weighted by molar-refractivity contribution is 9.10. The second kappa shape index (κ2) is 13.3. The predicted octanol–water partition coefficient (Wildman–Crippen LogP) is 5.55. The second-order valence-corrected chi connectivity index (χ2v) is 12.1. The maximum atomic E-state index is 13.8. The molecule has 0 fully saturated rings. The van der Waals surface area contributed by atoms with Gasteiger partial charge in [-0.25, -0.2) is 8.42 Å². The van der Waals surface area contributed by atoms with E-state index in [0.717, 1.165) is 21.9 Å². The minimum atomic E-state index is -4.11. The topological polar surface area (TPSA) is 86.8 Å². The van der Waals surface area contributed by atoms with Crippen LogP contribution in [0.3, 0.4) is 0 Å². The molecule has 10 heteroatoms. The average molecular weight is 621 g/mol. The maximum Gasteiger partial charge on any atom is 0.264 e. The molecule has 0 spiro atoms. The molecule has 2 amide bonds. The third-order valence-electron chi connectivity index (χ3n) is 5.94. The van der Waals surface area contributed by atoms with Crippen LogP contribution in [-0.4, -0.2) is 44.3 Å². The number of carbonyl (C=O) groups excluding carboxylic acids is 2. The van der Waals surface area contributed by atoms with Crippen LogP contribution in [0.1, 0.15) is 31.4 Å². The van der Waals surface area contributed by atoms with Crippen molar-refractivity contribution in [3.05, 3.63) is 93.4 Å². The molecule has 0 bridgehead atoms. The van der Waals surface area contributed by atoms with E-state index in [9.17, 15) is 18.0 Å². The highest BCUT2D eigenvalue weighted by Gasteiger charge is 2.32. The number of aryl methyl sites for hydroxylation is 1. The Hall–Kier alpha value is -2.88. The van der Waals surface area contributed by atoms with Gasteiger partial charge in [-0.3, -0.25) is 13.9 Å². The van der Waals surface area contributed by atoms with Crippen LogP contribution in [0.25, 0.3) is 0 Å². The molecule has 0 unspecified atom stereocenters. The maximum absolute atomic E-state index is 13.8. The Morgan fingerprint density at radius 1 is 1.03 bits per heavy atom. The summed E-state index contributed by atoms with van der Waals surface area (Å²) in [5.41, 5.74) is 1.95. The molecular formula is C28H31BrClN3O4S. The van der Waals surface area contributed by atoms with Crippen LogP contribution < -0.4 is 9.62 Å². The molecule has 3 rings (SSSR count). The van der Waals surface area contributed by atoms with Crippen molar-refractivity contribution in [1.29, 1.82) is 0 Å². The van der Waals surface area contributed by atoms with Gasteiger partial charge in [0.25, 0.3) is 10.0 Å². The molecule has 3 aromatic rings. The minimum Gasteiger partial charge on any atom is -0.354 e. The van der Waals surface area contributed by atoms with E-state index in [0.29, 0.717) is 21.7 Å². The molecule has 38 heavy (non-hydrogen) atoms. The Kier molecular flexibility index (Phi) is 10.4. The fourth-order valence-electron chi connectivity index (χ4n) is 3.81. The Labute approximate surface area is 238 Å². The van der Waals surface area contributed by atoms with E-state index in [-0.39, 0.29) is 17.3 Å². The van der Waals surface area contributed by atoms with Gasteiger partial charge in [-0.1, -0.05) is 70.3 Å². The number of anilines is 1. The first-order valence-electron chi connectivity index (χ1n) is 12.2. The molecule has 1 N–H and O–H groups in total. The monoisotopic (exact) mass is 619 g/mol. The van der Waals surface area contributed by atoms with Gasteiger partial charge in [0.05, 0.1) is 10.6 Å². The number of sulfonamides is 1. The van der Waals surface area contributed by atoms with Crippen molar-refractivity contribution >= 4 is 55.1 Å². The van der Waals surface area contributed by atoms with E-state index in [1.165, 1.54) is 17.0 Å². The van der Waals surface area contributed by atoms with Crippen LogP contribution in [0.2, 0.25) is 5.02 Å². The summed E-state index contributed by atoms with van der Waals surface area (Å²) in [6, 6.07) is 19.3. The summed E-state index contributed by atoms with van der Waals surface area (Å²) in [6.07, 6.45) is 0.742. The average Bonchev–Trinajstić information content (AvgIpc) is 2.88. The van der Waals surface area contributed by atoms with Gasteiger partial charge in [-0.05, 0) is 68.3 Å². The van der Waals surface area contributed by atoms with Crippen LogP contribution in [0.5, 0.6) is 0 Å². The molecular weight excluding hydrogens is 590 g/mol. The lowest BCUT2D eigenvalue weighted by atomic mass is 10.1. The van der Waals surface area contributed by atoms with Gasteiger partial charge in [0.15, 0.2) is 0 Å². The lowest BCUT2D eigenvalue weighted by molar-refractivity contribution is -0.139. The summed E-state index contributed by atoms with van der Waals surface area (Å²) < 4.78 is 29.3. The molecule has 1 atom stereocenters. The van der Waals surface area contributed by atoms with Crippen molar-refractivity contribution in [2.45, 2.75) is 44.7 Å². The third kappa shape index (κ3) is 7.58. The van der Waals surface area contributed by atoms with Crippen molar-refractivity contribution in [3.63, 3.8) is 0 Å². The van der Waals surface area contributed by atoms with Crippen LogP contribution in [0.4, 0.5) is 5.69 Å². The smallest absolute Gasteiger partial charge is 0.264 e. The van der Waals surface area contributed by atoms with Crippen molar-refractivity contribution in [2.75, 3.05) is 17.4 Å². The number of hydrogen-bond donors (Lipinski definition) is 1. The summed E-state index contributed by atoms with van der Waals surface area (Å²) in [5, 5.41) is 3.32. The van der Waals surface area contributed by atoms with Gasteiger partial charge in [0.2, 0.25) is 11.8 Å². The lowest BCUT2D eigenvalue weighted by Gasteiger charge is -2.32. The quantitative estimate of drug-likeness (QED) is 0.305. The molecule has 0 saturated heterocycles. The molecule has 0 aromatic heterocycles. The highest BCUT2D eigenvalue weighted by atomic mass is 79.9. The molecule has 0 aliphatic rings.